The van der Waals surface area contributed by atoms with E-state index in [9.17, 15) is 4.79 Å². The smallest absolute Gasteiger partial charge is 0.269 e. The van der Waals surface area contributed by atoms with E-state index in [1.165, 1.54) is 0 Å². The second-order valence-electron chi connectivity index (χ2n) is 5.59. The van der Waals surface area contributed by atoms with Crippen LogP contribution in [0.5, 0.6) is 0 Å². The van der Waals surface area contributed by atoms with Crippen molar-refractivity contribution in [1.29, 1.82) is 0 Å². The van der Waals surface area contributed by atoms with Crippen molar-refractivity contribution in [2.24, 2.45) is 0 Å². The molecule has 0 bridgehead atoms. The lowest BCUT2D eigenvalue weighted by Gasteiger charge is -2.08. The topological polar surface area (TPSA) is 64.7 Å². The zero-order valence-electron chi connectivity index (χ0n) is 13.6. The molecule has 0 aliphatic carbocycles. The van der Waals surface area contributed by atoms with Crippen LogP contribution in [0.15, 0.2) is 36.7 Å². The summed E-state index contributed by atoms with van der Waals surface area (Å²) in [5, 5.41) is 13.1. The third kappa shape index (κ3) is 3.43. The van der Waals surface area contributed by atoms with Gasteiger partial charge >= 0.3 is 0 Å². The molecule has 1 aromatic carbocycles. The van der Waals surface area contributed by atoms with E-state index in [1.54, 1.807) is 23.1 Å². The number of nitrogens with zero attached hydrogens (tertiary/aromatic N) is 4. The van der Waals surface area contributed by atoms with Crippen LogP contribution in [0.1, 0.15) is 30.3 Å². The molecule has 3 rings (SSSR count). The molecular formula is C17H20ClN5O. The summed E-state index contributed by atoms with van der Waals surface area (Å²) in [4.78, 5) is 12.2. The number of aromatic nitrogens is 4. The van der Waals surface area contributed by atoms with Crippen LogP contribution in [0.3, 0.4) is 0 Å². The summed E-state index contributed by atoms with van der Waals surface area (Å²) >= 11 is 6.15. The van der Waals surface area contributed by atoms with E-state index in [1.807, 2.05) is 22.9 Å². The average Bonchev–Trinajstić information content (AvgIpc) is 3.20. The first-order valence-corrected chi connectivity index (χ1v) is 8.48. The Kier molecular flexibility index (Phi) is 5.15. The number of carbonyl (C=O) groups is 1. The van der Waals surface area contributed by atoms with Gasteiger partial charge in [0.05, 0.1) is 16.7 Å². The zero-order valence-corrected chi connectivity index (χ0v) is 14.3. The summed E-state index contributed by atoms with van der Waals surface area (Å²) in [5.41, 5.74) is 1.61. The first kappa shape index (κ1) is 16.5. The molecule has 7 heteroatoms. The lowest BCUT2D eigenvalue weighted by Crippen LogP contribution is -2.27. The van der Waals surface area contributed by atoms with E-state index in [0.29, 0.717) is 17.3 Å². The molecule has 0 radical (unpaired) electrons. The van der Waals surface area contributed by atoms with Crippen molar-refractivity contribution >= 4 is 28.4 Å². The third-order valence-electron chi connectivity index (χ3n) is 3.85. The number of nitrogens with one attached hydrogen (secondary N) is 1. The minimum atomic E-state index is -0.0886. The predicted molar refractivity (Wildman–Crippen MR) is 94.2 cm³/mol. The second-order valence-corrected chi connectivity index (χ2v) is 6.00. The van der Waals surface area contributed by atoms with Gasteiger partial charge in [0.1, 0.15) is 5.69 Å². The molecule has 3 aromatic rings. The highest BCUT2D eigenvalue weighted by molar-refractivity contribution is 6.35. The maximum Gasteiger partial charge on any atom is 0.269 e. The van der Waals surface area contributed by atoms with E-state index >= 15 is 0 Å². The zero-order chi connectivity index (χ0) is 16.9. The minimum Gasteiger partial charge on any atom is -0.351 e. The quantitative estimate of drug-likeness (QED) is 0.669. The van der Waals surface area contributed by atoms with Crippen LogP contribution in [0.4, 0.5) is 0 Å². The molecule has 2 heterocycles. The van der Waals surface area contributed by atoms with Crippen LogP contribution >= 0.6 is 11.6 Å². The summed E-state index contributed by atoms with van der Waals surface area (Å²) in [7, 11) is 0. The van der Waals surface area contributed by atoms with Crippen LogP contribution in [0.25, 0.3) is 10.9 Å². The van der Waals surface area contributed by atoms with E-state index in [4.69, 9.17) is 11.6 Å². The van der Waals surface area contributed by atoms with Gasteiger partial charge in [0.2, 0.25) is 0 Å². The Bertz CT molecular complexity index is 838. The molecule has 0 aliphatic rings. The molecule has 0 fully saturated rings. The summed E-state index contributed by atoms with van der Waals surface area (Å²) in [6.07, 6.45) is 5.16. The van der Waals surface area contributed by atoms with E-state index in [0.717, 1.165) is 36.8 Å². The molecule has 126 valence electrons. The molecule has 1 amide bonds. The number of carbonyl (C=O) groups excluding carboxylic acids is 1. The lowest BCUT2D eigenvalue weighted by atomic mass is 10.2. The van der Waals surface area contributed by atoms with Gasteiger partial charge in [-0.2, -0.15) is 10.2 Å². The van der Waals surface area contributed by atoms with Crippen molar-refractivity contribution in [3.8, 4) is 0 Å². The van der Waals surface area contributed by atoms with Gasteiger partial charge in [-0.25, -0.2) is 0 Å². The van der Waals surface area contributed by atoms with Gasteiger partial charge in [-0.3, -0.25) is 14.2 Å². The van der Waals surface area contributed by atoms with Crippen molar-refractivity contribution in [2.45, 2.75) is 32.9 Å². The van der Waals surface area contributed by atoms with Gasteiger partial charge in [0.25, 0.3) is 5.91 Å². The summed E-state index contributed by atoms with van der Waals surface area (Å²) in [6.45, 7) is 4.11. The van der Waals surface area contributed by atoms with Crippen molar-refractivity contribution in [2.75, 3.05) is 6.54 Å². The predicted octanol–water partition coefficient (Wildman–Crippen LogP) is 3.12. The molecule has 2 aromatic heterocycles. The number of fused-ring (bicyclic) bond motifs is 1. The molecule has 0 spiro atoms. The van der Waals surface area contributed by atoms with Crippen molar-refractivity contribution in [3.63, 3.8) is 0 Å². The molecule has 1 N–H and O–H groups in total. The van der Waals surface area contributed by atoms with Crippen LogP contribution in [-0.4, -0.2) is 32.0 Å². The number of aryl methyl sites for hydroxylation is 2. The maximum absolute atomic E-state index is 12.2. The molecular weight excluding hydrogens is 326 g/mol. The fourth-order valence-electron chi connectivity index (χ4n) is 2.68. The monoisotopic (exact) mass is 345 g/mol. The molecule has 6 nitrogen and oxygen atoms in total. The lowest BCUT2D eigenvalue weighted by molar-refractivity contribution is 0.0941. The molecule has 0 atom stereocenters. The molecule has 0 saturated heterocycles. The fourth-order valence-corrected chi connectivity index (χ4v) is 2.90. The summed E-state index contributed by atoms with van der Waals surface area (Å²) in [5.74, 6) is -0.0886. The highest BCUT2D eigenvalue weighted by atomic mass is 35.5. The Hall–Kier alpha value is -2.34. The molecule has 0 unspecified atom stereocenters. The Morgan fingerprint density at radius 2 is 2.08 bits per heavy atom. The molecule has 0 saturated carbocycles. The van der Waals surface area contributed by atoms with Crippen molar-refractivity contribution in [3.05, 3.63) is 47.4 Å². The number of benzene rings is 1. The SMILES string of the molecule is CCCn1nccc1C(=O)NCCCn1ncc2c(Cl)cccc21. The van der Waals surface area contributed by atoms with Crippen LogP contribution < -0.4 is 5.32 Å². The average molecular weight is 346 g/mol. The first-order chi connectivity index (χ1) is 11.7. The van der Waals surface area contributed by atoms with Crippen molar-refractivity contribution < 1.29 is 4.79 Å². The largest absolute Gasteiger partial charge is 0.351 e. The van der Waals surface area contributed by atoms with Crippen molar-refractivity contribution in [1.82, 2.24) is 24.9 Å². The molecule has 0 aliphatic heterocycles. The van der Waals surface area contributed by atoms with Gasteiger partial charge in [-0.15, -0.1) is 0 Å². The Morgan fingerprint density at radius 1 is 1.21 bits per heavy atom. The number of amides is 1. The Morgan fingerprint density at radius 3 is 2.92 bits per heavy atom. The van der Waals surface area contributed by atoms with E-state index in [-0.39, 0.29) is 5.91 Å². The third-order valence-corrected chi connectivity index (χ3v) is 4.18. The summed E-state index contributed by atoms with van der Waals surface area (Å²) < 4.78 is 3.65. The highest BCUT2D eigenvalue weighted by Crippen LogP contribution is 2.22. The van der Waals surface area contributed by atoms with Crippen LogP contribution in [0.2, 0.25) is 5.02 Å². The number of halogens is 1. The Labute approximate surface area is 145 Å². The van der Waals surface area contributed by atoms with E-state index in [2.05, 4.69) is 22.4 Å². The minimum absolute atomic E-state index is 0.0886. The fraction of sp³-hybridized carbons (Fsp3) is 0.353. The Balaban J connectivity index is 1.54. The van der Waals surface area contributed by atoms with E-state index < -0.39 is 0 Å². The van der Waals surface area contributed by atoms with Gasteiger partial charge < -0.3 is 5.32 Å². The number of rotatable bonds is 7. The van der Waals surface area contributed by atoms with Gasteiger partial charge in [-0.05, 0) is 31.0 Å². The molecule has 24 heavy (non-hydrogen) atoms. The number of hydrogen-bond donors (Lipinski definition) is 1. The highest BCUT2D eigenvalue weighted by Gasteiger charge is 2.11. The standard InChI is InChI=1S/C17H20ClN5O/c1-2-10-22-16(7-9-20-22)17(24)19-8-4-11-23-15-6-3-5-14(18)13(15)12-21-23/h3,5-7,9,12H,2,4,8,10-11H2,1H3,(H,19,24). The van der Waals surface area contributed by atoms with Gasteiger partial charge in [0.15, 0.2) is 0 Å². The first-order valence-electron chi connectivity index (χ1n) is 8.10. The van der Waals surface area contributed by atoms with Gasteiger partial charge in [-0.1, -0.05) is 24.6 Å². The second kappa shape index (κ2) is 7.49. The van der Waals surface area contributed by atoms with Crippen LogP contribution in [0, 0.1) is 0 Å². The maximum atomic E-state index is 12.2. The van der Waals surface area contributed by atoms with Crippen LogP contribution in [-0.2, 0) is 13.1 Å². The summed E-state index contributed by atoms with van der Waals surface area (Å²) in [6, 6.07) is 7.51. The number of hydrogen-bond acceptors (Lipinski definition) is 3. The normalized spacial score (nSPS) is 11.1. The van der Waals surface area contributed by atoms with Gasteiger partial charge in [0, 0.05) is 31.2 Å².